The fraction of sp³-hybridized carbons (Fsp3) is 0.227. The van der Waals surface area contributed by atoms with Crippen LogP contribution in [-0.4, -0.2) is 30.3 Å². The van der Waals surface area contributed by atoms with Gasteiger partial charge in [0.1, 0.15) is 10.7 Å². The van der Waals surface area contributed by atoms with E-state index in [1.54, 1.807) is 19.1 Å². The van der Waals surface area contributed by atoms with Crippen molar-refractivity contribution in [3.8, 4) is 0 Å². The predicted octanol–water partition coefficient (Wildman–Crippen LogP) is 3.82. The number of Topliss-reactive ketones (excluding diaryl/α,β-unsaturated/α-hetero) is 1. The number of thiophene rings is 1. The summed E-state index contributed by atoms with van der Waals surface area (Å²) in [6.07, 6.45) is 0.352. The molecule has 3 aromatic rings. The number of aryl methyl sites for hydroxylation is 1. The lowest BCUT2D eigenvalue weighted by Gasteiger charge is -2.16. The van der Waals surface area contributed by atoms with Crippen LogP contribution in [0.15, 0.2) is 48.5 Å². The van der Waals surface area contributed by atoms with Gasteiger partial charge in [0.2, 0.25) is 0 Å². The van der Waals surface area contributed by atoms with Gasteiger partial charge in [0.25, 0.3) is 5.91 Å². The van der Waals surface area contributed by atoms with Crippen LogP contribution in [0.2, 0.25) is 0 Å². The number of nitrogens with one attached hydrogen (secondary N) is 1. The van der Waals surface area contributed by atoms with E-state index in [1.165, 1.54) is 13.0 Å². The van der Waals surface area contributed by atoms with Gasteiger partial charge < -0.3 is 10.1 Å². The van der Waals surface area contributed by atoms with E-state index in [0.717, 1.165) is 16.9 Å². The molecule has 0 aliphatic rings. The van der Waals surface area contributed by atoms with E-state index in [4.69, 9.17) is 4.74 Å². The third-order valence-corrected chi connectivity index (χ3v) is 5.77. The molecule has 2 aromatic carbocycles. The summed E-state index contributed by atoms with van der Waals surface area (Å²) in [4.78, 5) is 36.7. The maximum absolute atomic E-state index is 14.0. The number of carbonyl (C=O) groups is 3. The van der Waals surface area contributed by atoms with Gasteiger partial charge in [-0.3, -0.25) is 9.59 Å². The van der Waals surface area contributed by atoms with Crippen molar-refractivity contribution in [1.29, 1.82) is 0 Å². The SMILES string of the molecule is CC(=O)[C@H](Cc1ccccc1)NC(=O)COC(=O)c1sc2cccc(F)c2c1C. The van der Waals surface area contributed by atoms with E-state index in [0.29, 0.717) is 22.1 Å². The second-order valence-electron chi connectivity index (χ2n) is 6.67. The summed E-state index contributed by atoms with van der Waals surface area (Å²) in [5, 5.41) is 2.98. The smallest absolute Gasteiger partial charge is 0.349 e. The normalized spacial score (nSPS) is 11.8. The van der Waals surface area contributed by atoms with Gasteiger partial charge in [-0.2, -0.15) is 0 Å². The van der Waals surface area contributed by atoms with Gasteiger partial charge in [0.05, 0.1) is 6.04 Å². The van der Waals surface area contributed by atoms with E-state index < -0.39 is 30.3 Å². The van der Waals surface area contributed by atoms with E-state index in [1.807, 2.05) is 30.3 Å². The Morgan fingerprint density at radius 2 is 1.83 bits per heavy atom. The minimum Gasteiger partial charge on any atom is -0.451 e. The quantitative estimate of drug-likeness (QED) is 0.598. The highest BCUT2D eigenvalue weighted by atomic mass is 32.1. The van der Waals surface area contributed by atoms with Gasteiger partial charge in [-0.25, -0.2) is 9.18 Å². The summed E-state index contributed by atoms with van der Waals surface area (Å²) in [6.45, 7) is 2.52. The molecule has 7 heteroatoms. The van der Waals surface area contributed by atoms with Crippen molar-refractivity contribution in [2.24, 2.45) is 0 Å². The number of ether oxygens (including phenoxy) is 1. The second kappa shape index (κ2) is 8.96. The van der Waals surface area contributed by atoms with Gasteiger partial charge in [-0.15, -0.1) is 11.3 Å². The highest BCUT2D eigenvalue weighted by Crippen LogP contribution is 2.32. The number of halogens is 1. The second-order valence-corrected chi connectivity index (χ2v) is 7.72. The van der Waals surface area contributed by atoms with Crippen LogP contribution < -0.4 is 5.32 Å². The summed E-state index contributed by atoms with van der Waals surface area (Å²) in [5.74, 6) is -1.86. The van der Waals surface area contributed by atoms with E-state index in [2.05, 4.69) is 5.32 Å². The highest BCUT2D eigenvalue weighted by molar-refractivity contribution is 7.21. The Bertz CT molecular complexity index is 1060. The monoisotopic (exact) mass is 413 g/mol. The van der Waals surface area contributed by atoms with Crippen LogP contribution in [0.4, 0.5) is 4.39 Å². The number of rotatable bonds is 7. The maximum Gasteiger partial charge on any atom is 0.349 e. The summed E-state index contributed by atoms with van der Waals surface area (Å²) in [5.41, 5.74) is 1.40. The molecule has 0 radical (unpaired) electrons. The molecule has 0 fully saturated rings. The molecule has 0 saturated carbocycles. The molecule has 1 heterocycles. The first kappa shape index (κ1) is 20.7. The molecule has 1 atom stereocenters. The fourth-order valence-electron chi connectivity index (χ4n) is 3.03. The Hall–Kier alpha value is -3.06. The molecule has 1 N–H and O–H groups in total. The Morgan fingerprint density at radius 3 is 2.48 bits per heavy atom. The Balaban J connectivity index is 1.62. The van der Waals surface area contributed by atoms with Crippen LogP contribution in [0.5, 0.6) is 0 Å². The topological polar surface area (TPSA) is 72.5 Å². The van der Waals surface area contributed by atoms with Crippen molar-refractivity contribution < 1.29 is 23.5 Å². The summed E-state index contributed by atoms with van der Waals surface area (Å²) >= 11 is 1.12. The lowest BCUT2D eigenvalue weighted by molar-refractivity contribution is -0.128. The highest BCUT2D eigenvalue weighted by Gasteiger charge is 2.22. The number of benzene rings is 2. The number of hydrogen-bond acceptors (Lipinski definition) is 5. The Kier molecular flexibility index (Phi) is 6.39. The molecule has 0 aliphatic heterocycles. The number of fused-ring (bicyclic) bond motifs is 1. The maximum atomic E-state index is 14.0. The van der Waals surface area contributed by atoms with Gasteiger partial charge in [0.15, 0.2) is 12.4 Å². The minimum absolute atomic E-state index is 0.190. The van der Waals surface area contributed by atoms with E-state index in [9.17, 15) is 18.8 Å². The molecular formula is C22H20FNO4S. The average Bonchev–Trinajstić information content (AvgIpc) is 3.04. The molecule has 5 nitrogen and oxygen atoms in total. The molecule has 0 saturated heterocycles. The van der Waals surface area contributed by atoms with Crippen molar-refractivity contribution >= 4 is 39.1 Å². The standard InChI is InChI=1S/C22H20FNO4S/c1-13-20-16(23)9-6-10-18(20)29-21(13)22(27)28-12-19(26)24-17(14(2)25)11-15-7-4-3-5-8-15/h3-10,17H,11-12H2,1-2H3,(H,24,26)/t17-/m0/s1. The molecule has 0 aliphatic carbocycles. The average molecular weight is 413 g/mol. The zero-order valence-corrected chi connectivity index (χ0v) is 16.8. The molecule has 0 unspecified atom stereocenters. The number of esters is 1. The van der Waals surface area contributed by atoms with Gasteiger partial charge in [-0.05, 0) is 43.5 Å². The van der Waals surface area contributed by atoms with Crippen molar-refractivity contribution in [2.75, 3.05) is 6.61 Å². The van der Waals surface area contributed by atoms with E-state index >= 15 is 0 Å². The van der Waals surface area contributed by atoms with Crippen LogP contribution in [0, 0.1) is 12.7 Å². The van der Waals surface area contributed by atoms with Crippen LogP contribution in [-0.2, 0) is 20.7 Å². The summed E-state index contributed by atoms with van der Waals surface area (Å²) in [7, 11) is 0. The molecule has 3 rings (SSSR count). The first-order valence-corrected chi connectivity index (χ1v) is 9.87. The minimum atomic E-state index is -0.705. The zero-order chi connectivity index (χ0) is 21.0. The zero-order valence-electron chi connectivity index (χ0n) is 16.0. The molecule has 0 bridgehead atoms. The van der Waals surface area contributed by atoms with Crippen molar-refractivity contribution in [1.82, 2.24) is 5.32 Å². The number of carbonyl (C=O) groups excluding carboxylic acids is 3. The number of hydrogen-bond donors (Lipinski definition) is 1. The lowest BCUT2D eigenvalue weighted by Crippen LogP contribution is -2.43. The molecule has 1 amide bonds. The number of ketones is 1. The van der Waals surface area contributed by atoms with Crippen LogP contribution in [0.1, 0.15) is 27.7 Å². The Morgan fingerprint density at radius 1 is 1.10 bits per heavy atom. The first-order valence-electron chi connectivity index (χ1n) is 9.05. The molecule has 29 heavy (non-hydrogen) atoms. The predicted molar refractivity (Wildman–Crippen MR) is 110 cm³/mol. The van der Waals surface area contributed by atoms with Crippen LogP contribution in [0.3, 0.4) is 0 Å². The number of amides is 1. The van der Waals surface area contributed by atoms with Gasteiger partial charge in [0, 0.05) is 10.1 Å². The first-order chi connectivity index (χ1) is 13.9. The third kappa shape index (κ3) is 4.86. The molecular weight excluding hydrogens is 393 g/mol. The third-order valence-electron chi connectivity index (χ3n) is 4.53. The van der Waals surface area contributed by atoms with E-state index in [-0.39, 0.29) is 10.7 Å². The van der Waals surface area contributed by atoms with Crippen molar-refractivity contribution in [2.45, 2.75) is 26.3 Å². The molecule has 1 aromatic heterocycles. The summed E-state index contributed by atoms with van der Waals surface area (Å²) < 4.78 is 19.7. The van der Waals surface area contributed by atoms with Crippen molar-refractivity contribution in [3.63, 3.8) is 0 Å². The van der Waals surface area contributed by atoms with Gasteiger partial charge >= 0.3 is 5.97 Å². The van der Waals surface area contributed by atoms with Crippen LogP contribution >= 0.6 is 11.3 Å². The summed E-state index contributed by atoms with van der Waals surface area (Å²) in [6, 6.07) is 13.2. The lowest BCUT2D eigenvalue weighted by atomic mass is 10.0. The molecule has 150 valence electrons. The molecule has 0 spiro atoms. The largest absolute Gasteiger partial charge is 0.451 e. The fourth-order valence-corrected chi connectivity index (χ4v) is 4.14. The van der Waals surface area contributed by atoms with Crippen LogP contribution in [0.25, 0.3) is 10.1 Å². The Labute approximate surface area is 171 Å². The van der Waals surface area contributed by atoms with Gasteiger partial charge in [-0.1, -0.05) is 36.4 Å². The van der Waals surface area contributed by atoms with Crippen molar-refractivity contribution in [3.05, 3.63) is 70.4 Å².